The number of benzene rings is 2. The van der Waals surface area contributed by atoms with Gasteiger partial charge < -0.3 is 10.2 Å². The van der Waals surface area contributed by atoms with Crippen LogP contribution < -0.4 is 10.2 Å². The first-order chi connectivity index (χ1) is 18.9. The van der Waals surface area contributed by atoms with E-state index in [-0.39, 0.29) is 5.91 Å². The van der Waals surface area contributed by atoms with Gasteiger partial charge in [0, 0.05) is 82.7 Å². The van der Waals surface area contributed by atoms with Gasteiger partial charge in [-0.25, -0.2) is 5.06 Å². The number of carbonyl (C=O) groups is 1. The first-order valence-corrected chi connectivity index (χ1v) is 14.6. The molecule has 0 atom stereocenters. The highest BCUT2D eigenvalue weighted by atomic mass is 16.7. The van der Waals surface area contributed by atoms with E-state index >= 15 is 0 Å². The molecule has 0 saturated carbocycles. The average Bonchev–Trinajstić information content (AvgIpc) is 3.41. The molecule has 7 nitrogen and oxygen atoms in total. The predicted octanol–water partition coefficient (Wildman–Crippen LogP) is 4.00. The van der Waals surface area contributed by atoms with Gasteiger partial charge >= 0.3 is 0 Å². The van der Waals surface area contributed by atoms with Gasteiger partial charge in [0.2, 0.25) is 0 Å². The lowest BCUT2D eigenvalue weighted by molar-refractivity contribution is -0.0757. The van der Waals surface area contributed by atoms with E-state index in [0.717, 1.165) is 38.2 Å². The first-order valence-electron chi connectivity index (χ1n) is 14.6. The van der Waals surface area contributed by atoms with E-state index in [9.17, 15) is 4.79 Å². The predicted molar refractivity (Wildman–Crippen MR) is 160 cm³/mol. The van der Waals surface area contributed by atoms with Crippen molar-refractivity contribution in [3.63, 3.8) is 0 Å². The van der Waals surface area contributed by atoms with Gasteiger partial charge in [-0.1, -0.05) is 24.3 Å². The number of piperazine rings is 1. The molecule has 0 radical (unpaired) electrons. The summed E-state index contributed by atoms with van der Waals surface area (Å²) in [6.07, 6.45) is 5.50. The largest absolute Gasteiger partial charge is 0.371 e. The zero-order valence-corrected chi connectivity index (χ0v) is 24.2. The lowest BCUT2D eigenvalue weighted by Gasteiger charge is -2.37. The van der Waals surface area contributed by atoms with Crippen LogP contribution in [0.4, 0.5) is 5.69 Å². The van der Waals surface area contributed by atoms with Crippen molar-refractivity contribution in [3.05, 3.63) is 64.7 Å². The molecule has 2 aromatic rings. The number of rotatable bonds is 9. The van der Waals surface area contributed by atoms with Crippen molar-refractivity contribution < 1.29 is 9.63 Å². The maximum atomic E-state index is 12.5. The molecule has 1 aliphatic carbocycles. The van der Waals surface area contributed by atoms with Crippen LogP contribution in [0.3, 0.4) is 0 Å². The minimum absolute atomic E-state index is 0.133. The highest BCUT2D eigenvalue weighted by Gasteiger charge is 2.23. The number of allylic oxidation sites excluding steroid dienone is 1. The number of hydrogen-bond acceptors (Lipinski definition) is 6. The second-order valence-corrected chi connectivity index (χ2v) is 11.5. The Kier molecular flexibility index (Phi) is 9.03. The second kappa shape index (κ2) is 12.6. The minimum Gasteiger partial charge on any atom is -0.371 e. The van der Waals surface area contributed by atoms with Gasteiger partial charge in [-0.3, -0.25) is 19.4 Å². The smallest absolute Gasteiger partial charge is 0.277 e. The van der Waals surface area contributed by atoms with Gasteiger partial charge in [0.05, 0.1) is 7.11 Å². The molecular formula is C32H45N5O2. The van der Waals surface area contributed by atoms with Gasteiger partial charge in [0.25, 0.3) is 5.91 Å². The third kappa shape index (κ3) is 6.72. The topological polar surface area (TPSA) is 51.3 Å². The Morgan fingerprint density at radius 3 is 2.54 bits per heavy atom. The standard InChI is InChI=1S/C32H45N5O2/c1-24(2)36-18-16-35(17-19-36)15-12-33-30-10-13-37(14-11-30)31-7-5-6-25(23-31)28-20-26-8-9-27(21-29(26)22-28)32(38)34(3)39-4/h5-9,21-24,30,33H,10-20H2,1-4H3. The molecule has 3 aliphatic rings. The van der Waals surface area contributed by atoms with Crippen molar-refractivity contribution in [2.45, 2.75) is 45.2 Å². The number of anilines is 1. The van der Waals surface area contributed by atoms with Crippen LogP contribution in [0.2, 0.25) is 0 Å². The number of piperidine rings is 1. The fraction of sp³-hybridized carbons (Fsp3) is 0.531. The number of amides is 1. The van der Waals surface area contributed by atoms with Gasteiger partial charge in [-0.15, -0.1) is 0 Å². The molecule has 2 heterocycles. The summed E-state index contributed by atoms with van der Waals surface area (Å²) < 4.78 is 0. The summed E-state index contributed by atoms with van der Waals surface area (Å²) in [5.41, 5.74) is 6.92. The Balaban J connectivity index is 1.11. The van der Waals surface area contributed by atoms with Crippen LogP contribution in [-0.2, 0) is 11.3 Å². The minimum atomic E-state index is -0.133. The normalized spacial score (nSPS) is 18.9. The van der Waals surface area contributed by atoms with Crippen molar-refractivity contribution in [1.82, 2.24) is 20.2 Å². The van der Waals surface area contributed by atoms with Gasteiger partial charge in [-0.2, -0.15) is 0 Å². The first kappa shape index (κ1) is 27.8. The highest BCUT2D eigenvalue weighted by Crippen LogP contribution is 2.34. The molecule has 0 spiro atoms. The van der Waals surface area contributed by atoms with E-state index in [4.69, 9.17) is 4.84 Å². The van der Waals surface area contributed by atoms with E-state index in [1.165, 1.54) is 73.6 Å². The molecule has 210 valence electrons. The zero-order chi connectivity index (χ0) is 27.4. The third-order valence-electron chi connectivity index (χ3n) is 8.74. The van der Waals surface area contributed by atoms with Crippen LogP contribution >= 0.6 is 0 Å². The molecule has 2 saturated heterocycles. The van der Waals surface area contributed by atoms with Crippen molar-refractivity contribution in [2.75, 3.05) is 71.4 Å². The zero-order valence-electron chi connectivity index (χ0n) is 24.2. The van der Waals surface area contributed by atoms with Gasteiger partial charge in [0.15, 0.2) is 0 Å². The maximum Gasteiger partial charge on any atom is 0.277 e. The molecule has 7 heteroatoms. The van der Waals surface area contributed by atoms with Crippen LogP contribution in [0.1, 0.15) is 53.7 Å². The quantitative estimate of drug-likeness (QED) is 0.494. The molecule has 0 aromatic heterocycles. The van der Waals surface area contributed by atoms with Crippen LogP contribution in [0, 0.1) is 0 Å². The molecule has 5 rings (SSSR count). The van der Waals surface area contributed by atoms with Crippen molar-refractivity contribution in [2.24, 2.45) is 0 Å². The molecule has 2 aromatic carbocycles. The van der Waals surface area contributed by atoms with E-state index in [1.807, 2.05) is 12.1 Å². The lowest BCUT2D eigenvalue weighted by Crippen LogP contribution is -2.51. The number of fused-ring (bicyclic) bond motifs is 1. The van der Waals surface area contributed by atoms with Crippen LogP contribution in [-0.4, -0.2) is 99.4 Å². The average molecular weight is 532 g/mol. The Labute approximate surface area is 234 Å². The van der Waals surface area contributed by atoms with Gasteiger partial charge in [-0.05, 0) is 79.6 Å². The SMILES string of the molecule is CON(C)C(=O)c1ccc2c(c1)C=C(c1cccc(N3CCC(NCCN4CCN(C(C)C)CC4)CC3)c1)C2. The number of hydrogen-bond donors (Lipinski definition) is 1. The van der Waals surface area contributed by atoms with Crippen molar-refractivity contribution >= 4 is 23.2 Å². The summed E-state index contributed by atoms with van der Waals surface area (Å²) in [6.45, 7) is 13.8. The number of hydroxylamine groups is 2. The lowest BCUT2D eigenvalue weighted by atomic mass is 10.0. The summed E-state index contributed by atoms with van der Waals surface area (Å²) in [5, 5.41) is 5.10. The second-order valence-electron chi connectivity index (χ2n) is 11.5. The molecular weight excluding hydrogens is 486 g/mol. The van der Waals surface area contributed by atoms with Gasteiger partial charge in [0.1, 0.15) is 0 Å². The Morgan fingerprint density at radius 1 is 1.05 bits per heavy atom. The Bertz CT molecular complexity index is 1160. The summed E-state index contributed by atoms with van der Waals surface area (Å²) >= 11 is 0. The van der Waals surface area contributed by atoms with Crippen LogP contribution in [0.15, 0.2) is 42.5 Å². The van der Waals surface area contributed by atoms with E-state index < -0.39 is 0 Å². The van der Waals surface area contributed by atoms with E-state index in [1.54, 1.807) is 7.05 Å². The number of nitrogens with zero attached hydrogens (tertiary/aromatic N) is 4. The summed E-state index contributed by atoms with van der Waals surface area (Å²) in [6, 6.07) is 16.2. The van der Waals surface area contributed by atoms with Crippen molar-refractivity contribution in [3.8, 4) is 0 Å². The third-order valence-corrected chi connectivity index (χ3v) is 8.74. The fourth-order valence-electron chi connectivity index (χ4n) is 6.09. The van der Waals surface area contributed by atoms with Crippen LogP contribution in [0.5, 0.6) is 0 Å². The van der Waals surface area contributed by atoms with E-state index in [2.05, 4.69) is 70.3 Å². The molecule has 0 unspecified atom stereocenters. The number of nitrogens with one attached hydrogen (secondary N) is 1. The summed E-state index contributed by atoms with van der Waals surface area (Å²) in [4.78, 5) is 25.3. The molecule has 1 amide bonds. The summed E-state index contributed by atoms with van der Waals surface area (Å²) in [5.74, 6) is -0.133. The summed E-state index contributed by atoms with van der Waals surface area (Å²) in [7, 11) is 3.14. The molecule has 2 fully saturated rings. The van der Waals surface area contributed by atoms with Crippen molar-refractivity contribution in [1.29, 1.82) is 0 Å². The Morgan fingerprint density at radius 2 is 1.82 bits per heavy atom. The molecule has 0 bridgehead atoms. The van der Waals surface area contributed by atoms with E-state index in [0.29, 0.717) is 17.6 Å². The monoisotopic (exact) mass is 531 g/mol. The maximum absolute atomic E-state index is 12.5. The Hall–Kier alpha value is -2.71. The fourth-order valence-corrected chi connectivity index (χ4v) is 6.09. The highest BCUT2D eigenvalue weighted by molar-refractivity contribution is 5.96. The number of carbonyl (C=O) groups excluding carboxylic acids is 1. The molecule has 1 N–H and O–H groups in total. The molecule has 2 aliphatic heterocycles. The molecule has 39 heavy (non-hydrogen) atoms. The van der Waals surface area contributed by atoms with Crippen LogP contribution in [0.25, 0.3) is 11.6 Å².